The van der Waals surface area contributed by atoms with E-state index >= 15 is 0 Å². The average molecular weight is 396 g/mol. The summed E-state index contributed by atoms with van der Waals surface area (Å²) >= 11 is 6.25. The SMILES string of the molecule is Cc1c(Cl)cccc1Nc1nc(NCCCN(C)C)cc(-c2ccccc2)n1. The Kier molecular flexibility index (Phi) is 6.85. The van der Waals surface area contributed by atoms with Crippen LogP contribution in [0.4, 0.5) is 17.5 Å². The molecule has 146 valence electrons. The number of rotatable bonds is 8. The molecule has 2 aromatic carbocycles. The molecule has 0 spiro atoms. The van der Waals surface area contributed by atoms with Gasteiger partial charge in [-0.2, -0.15) is 4.98 Å². The van der Waals surface area contributed by atoms with Crippen molar-refractivity contribution in [2.24, 2.45) is 0 Å². The molecule has 3 aromatic rings. The summed E-state index contributed by atoms with van der Waals surface area (Å²) in [6.07, 6.45) is 1.04. The number of nitrogens with one attached hydrogen (secondary N) is 2. The predicted molar refractivity (Wildman–Crippen MR) is 119 cm³/mol. The third-order valence-electron chi connectivity index (χ3n) is 4.40. The summed E-state index contributed by atoms with van der Waals surface area (Å²) in [4.78, 5) is 11.5. The lowest BCUT2D eigenvalue weighted by Crippen LogP contribution is -2.17. The molecule has 1 heterocycles. The number of benzene rings is 2. The largest absolute Gasteiger partial charge is 0.370 e. The molecule has 0 radical (unpaired) electrons. The molecule has 0 atom stereocenters. The predicted octanol–water partition coefficient (Wildman–Crippen LogP) is 5.21. The van der Waals surface area contributed by atoms with Gasteiger partial charge in [0.1, 0.15) is 5.82 Å². The maximum Gasteiger partial charge on any atom is 0.229 e. The first-order valence-electron chi connectivity index (χ1n) is 9.38. The Balaban J connectivity index is 1.87. The number of anilines is 3. The molecular formula is C22H26ClN5. The van der Waals surface area contributed by atoms with Crippen LogP contribution in [-0.4, -0.2) is 42.1 Å². The Bertz CT molecular complexity index is 912. The quantitative estimate of drug-likeness (QED) is 0.512. The van der Waals surface area contributed by atoms with Crippen LogP contribution in [0.3, 0.4) is 0 Å². The second-order valence-electron chi connectivity index (χ2n) is 6.95. The number of halogens is 1. The van der Waals surface area contributed by atoms with Crippen molar-refractivity contribution < 1.29 is 0 Å². The molecule has 0 bridgehead atoms. The first-order chi connectivity index (χ1) is 13.5. The fraction of sp³-hybridized carbons (Fsp3) is 0.273. The van der Waals surface area contributed by atoms with Crippen molar-refractivity contribution in [2.75, 3.05) is 37.8 Å². The van der Waals surface area contributed by atoms with Gasteiger partial charge in [0.2, 0.25) is 5.95 Å². The molecule has 0 saturated heterocycles. The van der Waals surface area contributed by atoms with Crippen molar-refractivity contribution in [1.82, 2.24) is 14.9 Å². The second kappa shape index (κ2) is 9.53. The Labute approximate surface area is 171 Å². The van der Waals surface area contributed by atoms with Gasteiger partial charge in [-0.25, -0.2) is 4.98 Å². The maximum absolute atomic E-state index is 6.25. The zero-order chi connectivity index (χ0) is 19.9. The van der Waals surface area contributed by atoms with Crippen molar-refractivity contribution in [1.29, 1.82) is 0 Å². The van der Waals surface area contributed by atoms with Crippen molar-refractivity contribution in [3.63, 3.8) is 0 Å². The van der Waals surface area contributed by atoms with E-state index in [-0.39, 0.29) is 0 Å². The molecule has 0 saturated carbocycles. The minimum Gasteiger partial charge on any atom is -0.370 e. The summed E-state index contributed by atoms with van der Waals surface area (Å²) in [6, 6.07) is 17.9. The molecule has 28 heavy (non-hydrogen) atoms. The van der Waals surface area contributed by atoms with Gasteiger partial charge < -0.3 is 15.5 Å². The topological polar surface area (TPSA) is 53.1 Å². The van der Waals surface area contributed by atoms with Gasteiger partial charge in [-0.1, -0.05) is 48.0 Å². The molecule has 6 heteroatoms. The zero-order valence-corrected chi connectivity index (χ0v) is 17.3. The van der Waals surface area contributed by atoms with E-state index in [1.54, 1.807) is 0 Å². The minimum absolute atomic E-state index is 0.543. The maximum atomic E-state index is 6.25. The first-order valence-corrected chi connectivity index (χ1v) is 9.76. The van der Waals surface area contributed by atoms with Crippen molar-refractivity contribution in [3.8, 4) is 11.3 Å². The van der Waals surface area contributed by atoms with Crippen LogP contribution in [0.15, 0.2) is 54.6 Å². The zero-order valence-electron chi connectivity index (χ0n) is 16.5. The molecule has 0 aliphatic carbocycles. The monoisotopic (exact) mass is 395 g/mol. The van der Waals surface area contributed by atoms with E-state index in [9.17, 15) is 0 Å². The lowest BCUT2D eigenvalue weighted by molar-refractivity contribution is 0.405. The Hall–Kier alpha value is -2.63. The summed E-state index contributed by atoms with van der Waals surface area (Å²) in [6.45, 7) is 3.85. The van der Waals surface area contributed by atoms with Crippen LogP contribution in [0.25, 0.3) is 11.3 Å². The van der Waals surface area contributed by atoms with Crippen LogP contribution in [-0.2, 0) is 0 Å². The van der Waals surface area contributed by atoms with Crippen LogP contribution >= 0.6 is 11.6 Å². The number of hydrogen-bond donors (Lipinski definition) is 2. The third-order valence-corrected chi connectivity index (χ3v) is 4.81. The summed E-state index contributed by atoms with van der Waals surface area (Å²) in [5.74, 6) is 1.34. The van der Waals surface area contributed by atoms with E-state index < -0.39 is 0 Å². The van der Waals surface area contributed by atoms with Gasteiger partial charge in [0.15, 0.2) is 0 Å². The molecule has 0 unspecified atom stereocenters. The Morgan fingerprint density at radius 2 is 1.79 bits per heavy atom. The van der Waals surface area contributed by atoms with E-state index in [1.165, 1.54) is 0 Å². The molecule has 2 N–H and O–H groups in total. The lowest BCUT2D eigenvalue weighted by atomic mass is 10.1. The van der Waals surface area contributed by atoms with Gasteiger partial charge in [0.25, 0.3) is 0 Å². The molecule has 0 aliphatic heterocycles. The van der Waals surface area contributed by atoms with E-state index in [1.807, 2.05) is 61.5 Å². The van der Waals surface area contributed by atoms with Crippen LogP contribution in [0.2, 0.25) is 5.02 Å². The highest BCUT2D eigenvalue weighted by Gasteiger charge is 2.09. The van der Waals surface area contributed by atoms with E-state index in [0.29, 0.717) is 11.0 Å². The molecular weight excluding hydrogens is 370 g/mol. The summed E-state index contributed by atoms with van der Waals surface area (Å²) < 4.78 is 0. The summed E-state index contributed by atoms with van der Waals surface area (Å²) in [5, 5.41) is 7.45. The van der Waals surface area contributed by atoms with Gasteiger partial charge in [-0.05, 0) is 51.7 Å². The highest BCUT2D eigenvalue weighted by atomic mass is 35.5. The minimum atomic E-state index is 0.543. The Morgan fingerprint density at radius 3 is 2.54 bits per heavy atom. The molecule has 3 rings (SSSR count). The van der Waals surface area contributed by atoms with Gasteiger partial charge in [0, 0.05) is 28.9 Å². The number of aromatic nitrogens is 2. The number of hydrogen-bond acceptors (Lipinski definition) is 5. The van der Waals surface area contributed by atoms with Crippen molar-refractivity contribution >= 4 is 29.1 Å². The van der Waals surface area contributed by atoms with Gasteiger partial charge in [-0.15, -0.1) is 0 Å². The second-order valence-corrected chi connectivity index (χ2v) is 7.36. The van der Waals surface area contributed by atoms with Crippen LogP contribution < -0.4 is 10.6 Å². The van der Waals surface area contributed by atoms with Crippen molar-refractivity contribution in [2.45, 2.75) is 13.3 Å². The van der Waals surface area contributed by atoms with E-state index in [2.05, 4.69) is 34.6 Å². The molecule has 0 fully saturated rings. The van der Waals surface area contributed by atoms with E-state index in [4.69, 9.17) is 16.6 Å². The molecule has 0 aliphatic rings. The highest BCUT2D eigenvalue weighted by Crippen LogP contribution is 2.27. The number of nitrogens with zero attached hydrogens (tertiary/aromatic N) is 3. The van der Waals surface area contributed by atoms with Crippen LogP contribution in [0.5, 0.6) is 0 Å². The fourth-order valence-electron chi connectivity index (χ4n) is 2.83. The average Bonchev–Trinajstić information content (AvgIpc) is 2.69. The van der Waals surface area contributed by atoms with Crippen LogP contribution in [0, 0.1) is 6.92 Å². The lowest BCUT2D eigenvalue weighted by Gasteiger charge is -2.14. The third kappa shape index (κ3) is 5.44. The van der Waals surface area contributed by atoms with Gasteiger partial charge >= 0.3 is 0 Å². The fourth-order valence-corrected chi connectivity index (χ4v) is 3.00. The van der Waals surface area contributed by atoms with Gasteiger partial charge in [-0.3, -0.25) is 0 Å². The molecule has 1 aromatic heterocycles. The highest BCUT2D eigenvalue weighted by molar-refractivity contribution is 6.31. The molecule has 5 nitrogen and oxygen atoms in total. The van der Waals surface area contributed by atoms with Crippen LogP contribution in [0.1, 0.15) is 12.0 Å². The smallest absolute Gasteiger partial charge is 0.229 e. The summed E-state index contributed by atoms with van der Waals surface area (Å²) in [7, 11) is 4.15. The first kappa shape index (κ1) is 20.1. The normalized spacial score (nSPS) is 10.9. The van der Waals surface area contributed by atoms with Crippen molar-refractivity contribution in [3.05, 3.63) is 65.2 Å². The molecule has 0 amide bonds. The van der Waals surface area contributed by atoms with Gasteiger partial charge in [0.05, 0.1) is 5.69 Å². The van der Waals surface area contributed by atoms with E-state index in [0.717, 1.165) is 47.8 Å². The summed E-state index contributed by atoms with van der Waals surface area (Å²) in [5.41, 5.74) is 3.79. The Morgan fingerprint density at radius 1 is 1.00 bits per heavy atom. The standard InChI is InChI=1S/C22H26ClN5/c1-16-18(23)11-7-12-19(16)25-22-26-20(17-9-5-4-6-10-17)15-21(27-22)24-13-8-14-28(2)3/h4-7,9-12,15H,8,13-14H2,1-3H3,(H2,24,25,26,27).